The van der Waals surface area contributed by atoms with Crippen molar-refractivity contribution < 1.29 is 9.90 Å². The molecule has 0 atom stereocenters. The fraction of sp³-hybridized carbons (Fsp3) is 0.182. The van der Waals surface area contributed by atoms with Gasteiger partial charge in [0, 0.05) is 28.6 Å². The SMILES string of the molecule is Cn1cc(Br)c2ccc(CC(=O)O)cc21. The summed E-state index contributed by atoms with van der Waals surface area (Å²) in [6.45, 7) is 0. The fourth-order valence-electron chi connectivity index (χ4n) is 1.66. The molecule has 78 valence electrons. The second-order valence-electron chi connectivity index (χ2n) is 3.51. The van der Waals surface area contributed by atoms with Crippen LogP contribution in [-0.4, -0.2) is 15.6 Å². The number of carboxylic acids is 1. The highest BCUT2D eigenvalue weighted by molar-refractivity contribution is 9.10. The van der Waals surface area contributed by atoms with E-state index >= 15 is 0 Å². The molecule has 0 spiro atoms. The lowest BCUT2D eigenvalue weighted by Gasteiger charge is -2.00. The van der Waals surface area contributed by atoms with Crippen LogP contribution in [-0.2, 0) is 18.3 Å². The third-order valence-electron chi connectivity index (χ3n) is 2.36. The number of aromatic nitrogens is 1. The van der Waals surface area contributed by atoms with Crippen molar-refractivity contribution in [1.29, 1.82) is 0 Å². The Hall–Kier alpha value is -1.29. The van der Waals surface area contributed by atoms with E-state index < -0.39 is 5.97 Å². The molecule has 3 nitrogen and oxygen atoms in total. The van der Waals surface area contributed by atoms with Crippen molar-refractivity contribution in [2.45, 2.75) is 6.42 Å². The van der Waals surface area contributed by atoms with Crippen molar-refractivity contribution in [3.05, 3.63) is 34.4 Å². The lowest BCUT2D eigenvalue weighted by atomic mass is 10.1. The molecular formula is C11H10BrNO2. The van der Waals surface area contributed by atoms with E-state index in [1.807, 2.05) is 36.0 Å². The molecule has 4 heteroatoms. The first-order valence-electron chi connectivity index (χ1n) is 4.53. The van der Waals surface area contributed by atoms with Crippen molar-refractivity contribution in [1.82, 2.24) is 4.57 Å². The topological polar surface area (TPSA) is 42.2 Å². The van der Waals surface area contributed by atoms with E-state index in [1.165, 1.54) is 0 Å². The van der Waals surface area contributed by atoms with Crippen LogP contribution in [0, 0.1) is 0 Å². The van der Waals surface area contributed by atoms with Crippen LogP contribution in [0.5, 0.6) is 0 Å². The number of carbonyl (C=O) groups is 1. The first-order valence-corrected chi connectivity index (χ1v) is 5.32. The standard InChI is InChI=1S/C11H10BrNO2/c1-13-6-9(12)8-3-2-7(4-10(8)13)5-11(14)15/h2-4,6H,5H2,1H3,(H,14,15). The molecule has 0 fully saturated rings. The lowest BCUT2D eigenvalue weighted by molar-refractivity contribution is -0.136. The smallest absolute Gasteiger partial charge is 0.307 e. The average Bonchev–Trinajstić information content (AvgIpc) is 2.41. The van der Waals surface area contributed by atoms with Gasteiger partial charge in [-0.15, -0.1) is 0 Å². The van der Waals surface area contributed by atoms with Crippen LogP contribution >= 0.6 is 15.9 Å². The maximum absolute atomic E-state index is 10.6. The first-order chi connectivity index (χ1) is 7.08. The summed E-state index contributed by atoms with van der Waals surface area (Å²) in [5, 5.41) is 9.80. The van der Waals surface area contributed by atoms with Crippen molar-refractivity contribution in [2.75, 3.05) is 0 Å². The number of aryl methyl sites for hydroxylation is 1. The molecule has 1 N–H and O–H groups in total. The molecular weight excluding hydrogens is 258 g/mol. The maximum atomic E-state index is 10.6. The number of rotatable bonds is 2. The summed E-state index contributed by atoms with van der Waals surface area (Å²) in [4.78, 5) is 10.6. The van der Waals surface area contributed by atoms with Crippen LogP contribution in [0.15, 0.2) is 28.9 Å². The number of carboxylic acid groups (broad SMARTS) is 1. The molecule has 0 bridgehead atoms. The molecule has 0 unspecified atom stereocenters. The molecule has 1 aromatic carbocycles. The second kappa shape index (κ2) is 3.70. The van der Waals surface area contributed by atoms with E-state index in [0.717, 1.165) is 20.9 Å². The number of hydrogen-bond donors (Lipinski definition) is 1. The highest BCUT2D eigenvalue weighted by Gasteiger charge is 2.06. The molecule has 15 heavy (non-hydrogen) atoms. The Morgan fingerprint density at radius 3 is 2.93 bits per heavy atom. The van der Waals surface area contributed by atoms with Gasteiger partial charge in [-0.3, -0.25) is 4.79 Å². The van der Waals surface area contributed by atoms with Gasteiger partial charge < -0.3 is 9.67 Å². The Balaban J connectivity index is 2.55. The predicted octanol–water partition coefficient (Wildman–Crippen LogP) is 2.57. The van der Waals surface area contributed by atoms with Gasteiger partial charge in [0.2, 0.25) is 0 Å². The van der Waals surface area contributed by atoms with Gasteiger partial charge in [0.15, 0.2) is 0 Å². The van der Waals surface area contributed by atoms with Gasteiger partial charge in [-0.2, -0.15) is 0 Å². The highest BCUT2D eigenvalue weighted by Crippen LogP contribution is 2.26. The molecule has 2 rings (SSSR count). The number of fused-ring (bicyclic) bond motifs is 1. The molecule has 0 aliphatic carbocycles. The van der Waals surface area contributed by atoms with Crippen LogP contribution in [0.1, 0.15) is 5.56 Å². The van der Waals surface area contributed by atoms with Crippen LogP contribution in [0.2, 0.25) is 0 Å². The van der Waals surface area contributed by atoms with Crippen LogP contribution in [0.4, 0.5) is 0 Å². The summed E-state index contributed by atoms with van der Waals surface area (Å²) in [5.41, 5.74) is 1.87. The largest absolute Gasteiger partial charge is 0.481 e. The van der Waals surface area contributed by atoms with Gasteiger partial charge in [-0.05, 0) is 27.6 Å². The van der Waals surface area contributed by atoms with E-state index in [4.69, 9.17) is 5.11 Å². The summed E-state index contributed by atoms with van der Waals surface area (Å²) in [6, 6.07) is 5.70. The van der Waals surface area contributed by atoms with Crippen molar-refractivity contribution in [2.24, 2.45) is 7.05 Å². The fourth-order valence-corrected chi connectivity index (χ4v) is 2.31. The predicted molar refractivity (Wildman–Crippen MR) is 62.0 cm³/mol. The number of aliphatic carboxylic acids is 1. The minimum atomic E-state index is -0.803. The first kappa shape index (κ1) is 10.2. The molecule has 0 aliphatic rings. The number of nitrogens with zero attached hydrogens (tertiary/aromatic N) is 1. The summed E-state index contributed by atoms with van der Waals surface area (Å²) in [6.07, 6.45) is 2.04. The summed E-state index contributed by atoms with van der Waals surface area (Å²) in [7, 11) is 1.94. The third kappa shape index (κ3) is 1.90. The van der Waals surface area contributed by atoms with Crippen LogP contribution < -0.4 is 0 Å². The average molecular weight is 268 g/mol. The molecule has 2 aromatic rings. The van der Waals surface area contributed by atoms with Gasteiger partial charge in [0.1, 0.15) is 0 Å². The van der Waals surface area contributed by atoms with E-state index in [-0.39, 0.29) is 6.42 Å². The van der Waals surface area contributed by atoms with Gasteiger partial charge in [-0.25, -0.2) is 0 Å². The van der Waals surface area contributed by atoms with E-state index in [2.05, 4.69) is 15.9 Å². The van der Waals surface area contributed by atoms with Gasteiger partial charge in [0.25, 0.3) is 0 Å². The molecule has 1 aromatic heterocycles. The highest BCUT2D eigenvalue weighted by atomic mass is 79.9. The molecule has 0 radical (unpaired) electrons. The van der Waals surface area contributed by atoms with E-state index in [1.54, 1.807) is 0 Å². The Morgan fingerprint density at radius 2 is 2.27 bits per heavy atom. The third-order valence-corrected chi connectivity index (χ3v) is 2.99. The molecule has 1 heterocycles. The Morgan fingerprint density at radius 1 is 1.53 bits per heavy atom. The molecule has 0 saturated heterocycles. The molecule has 0 aliphatic heterocycles. The maximum Gasteiger partial charge on any atom is 0.307 e. The summed E-state index contributed by atoms with van der Waals surface area (Å²) >= 11 is 3.46. The van der Waals surface area contributed by atoms with E-state index in [9.17, 15) is 4.79 Å². The van der Waals surface area contributed by atoms with Crippen LogP contribution in [0.3, 0.4) is 0 Å². The Bertz CT molecular complexity index is 531. The van der Waals surface area contributed by atoms with Gasteiger partial charge >= 0.3 is 5.97 Å². The minimum Gasteiger partial charge on any atom is -0.481 e. The lowest BCUT2D eigenvalue weighted by Crippen LogP contribution is -1.99. The second-order valence-corrected chi connectivity index (χ2v) is 4.36. The molecule has 0 saturated carbocycles. The monoisotopic (exact) mass is 267 g/mol. The van der Waals surface area contributed by atoms with E-state index in [0.29, 0.717) is 0 Å². The Kier molecular flexibility index (Phi) is 2.52. The van der Waals surface area contributed by atoms with Crippen molar-refractivity contribution >= 4 is 32.8 Å². The Labute approximate surface area is 95.5 Å². The summed E-state index contributed by atoms with van der Waals surface area (Å²) in [5.74, 6) is -0.803. The zero-order valence-electron chi connectivity index (χ0n) is 8.20. The minimum absolute atomic E-state index is 0.0682. The summed E-state index contributed by atoms with van der Waals surface area (Å²) < 4.78 is 3.01. The van der Waals surface area contributed by atoms with Crippen LogP contribution in [0.25, 0.3) is 10.9 Å². The van der Waals surface area contributed by atoms with Gasteiger partial charge in [0.05, 0.1) is 6.42 Å². The zero-order valence-corrected chi connectivity index (χ0v) is 9.78. The zero-order chi connectivity index (χ0) is 11.0. The van der Waals surface area contributed by atoms with Crippen molar-refractivity contribution in [3.8, 4) is 0 Å². The molecule has 0 amide bonds. The number of hydrogen-bond acceptors (Lipinski definition) is 1. The quantitative estimate of drug-likeness (QED) is 0.909. The number of benzene rings is 1. The normalized spacial score (nSPS) is 10.8. The number of halogens is 1. The van der Waals surface area contributed by atoms with Crippen molar-refractivity contribution in [3.63, 3.8) is 0 Å². The van der Waals surface area contributed by atoms with Gasteiger partial charge in [-0.1, -0.05) is 12.1 Å².